The Balaban J connectivity index is 2.08. The number of hydrogen-bond acceptors (Lipinski definition) is 5. The molecule has 164 valence electrons. The van der Waals surface area contributed by atoms with Gasteiger partial charge in [-0.25, -0.2) is 4.68 Å². The van der Waals surface area contributed by atoms with Crippen LogP contribution in [0.2, 0.25) is 5.02 Å². The Morgan fingerprint density at radius 1 is 1.10 bits per heavy atom. The number of halogens is 1. The number of amides is 1. The van der Waals surface area contributed by atoms with Crippen LogP contribution in [0.15, 0.2) is 48.5 Å². The van der Waals surface area contributed by atoms with Gasteiger partial charge in [-0.15, -0.1) is 0 Å². The largest absolute Gasteiger partial charge is 0.493 e. The molecule has 0 saturated heterocycles. The van der Waals surface area contributed by atoms with E-state index in [1.54, 1.807) is 35.9 Å². The monoisotopic (exact) mass is 443 g/mol. The number of carbonyl (C=O) groups is 1. The van der Waals surface area contributed by atoms with Crippen molar-refractivity contribution in [3.05, 3.63) is 64.8 Å². The molecule has 31 heavy (non-hydrogen) atoms. The van der Waals surface area contributed by atoms with Crippen molar-refractivity contribution in [3.63, 3.8) is 0 Å². The van der Waals surface area contributed by atoms with Crippen molar-refractivity contribution in [2.24, 2.45) is 0 Å². The van der Waals surface area contributed by atoms with Crippen LogP contribution in [0, 0.1) is 6.92 Å². The highest BCUT2D eigenvalue weighted by Gasteiger charge is 2.23. The average Bonchev–Trinajstić information content (AvgIpc) is 3.06. The van der Waals surface area contributed by atoms with Crippen molar-refractivity contribution in [1.82, 2.24) is 14.7 Å². The van der Waals surface area contributed by atoms with E-state index < -0.39 is 0 Å². The summed E-state index contributed by atoms with van der Waals surface area (Å²) in [6.45, 7) is 4.67. The standard InChI is InChI=1S/C23H26ClN3O4/c1-16-20(15-26(17(2)28)13-14-29-3)23(31-22-8-6-5-7-21(22)30-4)27(25-16)19-11-9-18(24)10-12-19/h5-12H,13-15H2,1-4H3. The molecule has 0 N–H and O–H groups in total. The number of ether oxygens (including phenoxy) is 3. The minimum Gasteiger partial charge on any atom is -0.493 e. The molecule has 0 aliphatic rings. The number of rotatable bonds is 9. The highest BCUT2D eigenvalue weighted by atomic mass is 35.5. The van der Waals surface area contributed by atoms with E-state index in [1.165, 1.54) is 6.92 Å². The third-order valence-electron chi connectivity index (χ3n) is 4.84. The number of methoxy groups -OCH3 is 2. The van der Waals surface area contributed by atoms with Crippen LogP contribution >= 0.6 is 11.6 Å². The van der Waals surface area contributed by atoms with E-state index in [1.807, 2.05) is 43.3 Å². The van der Waals surface area contributed by atoms with E-state index in [2.05, 4.69) is 0 Å². The van der Waals surface area contributed by atoms with Gasteiger partial charge in [0.05, 0.1) is 37.2 Å². The molecule has 0 atom stereocenters. The number of benzene rings is 2. The third-order valence-corrected chi connectivity index (χ3v) is 5.10. The average molecular weight is 444 g/mol. The number of para-hydroxylation sites is 2. The quantitative estimate of drug-likeness (QED) is 0.482. The Labute approximate surface area is 187 Å². The molecule has 0 spiro atoms. The first-order chi connectivity index (χ1) is 14.9. The maximum Gasteiger partial charge on any atom is 0.228 e. The van der Waals surface area contributed by atoms with Gasteiger partial charge in [-0.1, -0.05) is 23.7 Å². The van der Waals surface area contributed by atoms with E-state index in [9.17, 15) is 4.79 Å². The maximum atomic E-state index is 12.2. The third kappa shape index (κ3) is 5.37. The van der Waals surface area contributed by atoms with Crippen LogP contribution in [-0.4, -0.2) is 48.0 Å². The summed E-state index contributed by atoms with van der Waals surface area (Å²) in [5.74, 6) is 1.59. The highest BCUT2D eigenvalue weighted by molar-refractivity contribution is 6.30. The van der Waals surface area contributed by atoms with E-state index in [4.69, 9.17) is 30.9 Å². The summed E-state index contributed by atoms with van der Waals surface area (Å²) in [4.78, 5) is 13.9. The molecule has 1 aromatic heterocycles. The molecule has 1 amide bonds. The molecule has 8 heteroatoms. The summed E-state index contributed by atoms with van der Waals surface area (Å²) in [6.07, 6.45) is 0. The number of aromatic nitrogens is 2. The summed E-state index contributed by atoms with van der Waals surface area (Å²) in [7, 11) is 3.20. The topological polar surface area (TPSA) is 65.8 Å². The van der Waals surface area contributed by atoms with Crippen LogP contribution in [0.3, 0.4) is 0 Å². The molecular formula is C23H26ClN3O4. The van der Waals surface area contributed by atoms with E-state index >= 15 is 0 Å². The first-order valence-electron chi connectivity index (χ1n) is 9.84. The van der Waals surface area contributed by atoms with Crippen molar-refractivity contribution < 1.29 is 19.0 Å². The minimum atomic E-state index is -0.0565. The lowest BCUT2D eigenvalue weighted by molar-refractivity contribution is -0.130. The van der Waals surface area contributed by atoms with Crippen LogP contribution in [0.5, 0.6) is 17.4 Å². The van der Waals surface area contributed by atoms with Gasteiger partial charge in [0.1, 0.15) is 0 Å². The molecule has 3 rings (SSSR count). The highest BCUT2D eigenvalue weighted by Crippen LogP contribution is 2.36. The molecule has 0 aliphatic heterocycles. The maximum absolute atomic E-state index is 12.2. The zero-order valence-electron chi connectivity index (χ0n) is 18.1. The molecule has 0 unspecified atom stereocenters. The van der Waals surface area contributed by atoms with E-state index in [0.717, 1.165) is 16.9 Å². The van der Waals surface area contributed by atoms with Crippen molar-refractivity contribution in [2.75, 3.05) is 27.4 Å². The Hall–Kier alpha value is -3.03. The molecule has 0 aliphatic carbocycles. The Kier molecular flexibility index (Phi) is 7.55. The van der Waals surface area contributed by atoms with Gasteiger partial charge >= 0.3 is 0 Å². The SMILES string of the molecule is COCCN(Cc1c(C)nn(-c2ccc(Cl)cc2)c1Oc1ccccc1OC)C(C)=O. The zero-order chi connectivity index (χ0) is 22.4. The molecule has 1 heterocycles. The van der Waals surface area contributed by atoms with Crippen LogP contribution in [0.4, 0.5) is 0 Å². The van der Waals surface area contributed by atoms with Gasteiger partial charge in [0, 0.05) is 25.6 Å². The van der Waals surface area contributed by atoms with Gasteiger partial charge in [0.2, 0.25) is 11.8 Å². The molecule has 2 aromatic carbocycles. The lowest BCUT2D eigenvalue weighted by Gasteiger charge is -2.21. The molecular weight excluding hydrogens is 418 g/mol. The lowest BCUT2D eigenvalue weighted by atomic mass is 10.2. The van der Waals surface area contributed by atoms with Crippen molar-refractivity contribution >= 4 is 17.5 Å². The Morgan fingerprint density at radius 2 is 1.77 bits per heavy atom. The van der Waals surface area contributed by atoms with E-state index in [-0.39, 0.29) is 5.91 Å². The fraction of sp³-hybridized carbons (Fsp3) is 0.304. The van der Waals surface area contributed by atoms with Gasteiger partial charge in [0.25, 0.3) is 0 Å². The van der Waals surface area contributed by atoms with E-state index in [0.29, 0.717) is 42.1 Å². The summed E-state index contributed by atoms with van der Waals surface area (Å²) < 4.78 is 18.6. The molecule has 3 aromatic rings. The van der Waals surface area contributed by atoms with Crippen molar-refractivity contribution in [1.29, 1.82) is 0 Å². The Bertz CT molecular complexity index is 1030. The minimum absolute atomic E-state index is 0.0565. The van der Waals surface area contributed by atoms with Crippen LogP contribution in [0.25, 0.3) is 5.69 Å². The first-order valence-corrected chi connectivity index (χ1v) is 10.2. The van der Waals surface area contributed by atoms with Crippen molar-refractivity contribution in [3.8, 4) is 23.1 Å². The Morgan fingerprint density at radius 3 is 2.39 bits per heavy atom. The fourth-order valence-electron chi connectivity index (χ4n) is 3.13. The van der Waals surface area contributed by atoms with Gasteiger partial charge in [0.15, 0.2) is 11.5 Å². The number of nitrogens with zero attached hydrogens (tertiary/aromatic N) is 3. The summed E-state index contributed by atoms with van der Waals surface area (Å²) >= 11 is 6.06. The summed E-state index contributed by atoms with van der Waals surface area (Å²) in [6, 6.07) is 14.7. The smallest absolute Gasteiger partial charge is 0.228 e. The number of aryl methyl sites for hydroxylation is 1. The van der Waals surface area contributed by atoms with Gasteiger partial charge in [-0.05, 0) is 43.3 Å². The van der Waals surface area contributed by atoms with Crippen molar-refractivity contribution in [2.45, 2.75) is 20.4 Å². The van der Waals surface area contributed by atoms with Crippen LogP contribution in [0.1, 0.15) is 18.2 Å². The lowest BCUT2D eigenvalue weighted by Crippen LogP contribution is -2.31. The van der Waals surface area contributed by atoms with Gasteiger partial charge in [-0.3, -0.25) is 4.79 Å². The zero-order valence-corrected chi connectivity index (χ0v) is 18.8. The second-order valence-electron chi connectivity index (χ2n) is 6.94. The number of hydrogen-bond donors (Lipinski definition) is 0. The second-order valence-corrected chi connectivity index (χ2v) is 7.38. The fourth-order valence-corrected chi connectivity index (χ4v) is 3.26. The molecule has 0 radical (unpaired) electrons. The summed E-state index contributed by atoms with van der Waals surface area (Å²) in [5, 5.41) is 5.32. The molecule has 0 fully saturated rings. The molecule has 7 nitrogen and oxygen atoms in total. The van der Waals surface area contributed by atoms with Gasteiger partial charge in [-0.2, -0.15) is 5.10 Å². The summed E-state index contributed by atoms with van der Waals surface area (Å²) in [5.41, 5.74) is 2.34. The second kappa shape index (κ2) is 10.3. The molecule has 0 saturated carbocycles. The predicted molar refractivity (Wildman–Crippen MR) is 119 cm³/mol. The normalized spacial score (nSPS) is 10.7. The predicted octanol–water partition coefficient (Wildman–Crippen LogP) is 4.63. The van der Waals surface area contributed by atoms with Gasteiger partial charge < -0.3 is 19.1 Å². The number of carbonyl (C=O) groups excluding carboxylic acids is 1. The van der Waals surface area contributed by atoms with Crippen LogP contribution < -0.4 is 9.47 Å². The first kappa shape index (κ1) is 22.7. The van der Waals surface area contributed by atoms with Crippen LogP contribution in [-0.2, 0) is 16.1 Å². The molecule has 0 bridgehead atoms.